The number of hydrazine groups is 1. The van der Waals surface area contributed by atoms with Crippen LogP contribution in [0.5, 0.6) is 0 Å². The molecular formula is C21H23N5O5S. The number of nitrogens with one attached hydrogen (secondary N) is 3. The standard InChI is InChI=1S/C21H23N5O5S/c1-12-8-17(25-24-12)23-18(27)11-32-21-22-16-9-13(20(29)30-2)5-6-15(16)19(28)26(21)10-14-4-3-7-31-14/h3-7,9,12,17,24-25H,8,10-11H2,1-2H3,(H,23,27). The molecule has 1 saturated heterocycles. The van der Waals surface area contributed by atoms with Crippen molar-refractivity contribution in [2.24, 2.45) is 0 Å². The van der Waals surface area contributed by atoms with Gasteiger partial charge >= 0.3 is 5.97 Å². The number of fused-ring (bicyclic) bond motifs is 1. The second-order valence-electron chi connectivity index (χ2n) is 7.42. The van der Waals surface area contributed by atoms with Gasteiger partial charge in [0.25, 0.3) is 5.56 Å². The van der Waals surface area contributed by atoms with Crippen LogP contribution in [-0.2, 0) is 16.1 Å². The lowest BCUT2D eigenvalue weighted by atomic mass is 10.1. The molecule has 2 unspecified atom stereocenters. The Hall–Kier alpha value is -3.15. The molecule has 3 heterocycles. The molecule has 0 spiro atoms. The highest BCUT2D eigenvalue weighted by Crippen LogP contribution is 2.20. The maximum Gasteiger partial charge on any atom is 0.337 e. The maximum absolute atomic E-state index is 13.2. The van der Waals surface area contributed by atoms with Crippen LogP contribution < -0.4 is 21.7 Å². The zero-order valence-corrected chi connectivity index (χ0v) is 18.4. The highest BCUT2D eigenvalue weighted by Gasteiger charge is 2.22. The molecule has 0 bridgehead atoms. The van der Waals surface area contributed by atoms with Gasteiger partial charge in [0.1, 0.15) is 5.76 Å². The molecule has 0 radical (unpaired) electrons. The molecule has 2 atom stereocenters. The van der Waals surface area contributed by atoms with Crippen molar-refractivity contribution >= 4 is 34.5 Å². The molecule has 3 N–H and O–H groups in total. The summed E-state index contributed by atoms with van der Waals surface area (Å²) in [5.74, 6) is -0.0557. The van der Waals surface area contributed by atoms with Crippen molar-refractivity contribution < 1.29 is 18.7 Å². The van der Waals surface area contributed by atoms with Gasteiger partial charge in [-0.1, -0.05) is 11.8 Å². The first kappa shape index (κ1) is 22.1. The molecule has 4 rings (SSSR count). The number of nitrogens with zero attached hydrogens (tertiary/aromatic N) is 2. The minimum atomic E-state index is -0.519. The number of methoxy groups -OCH3 is 1. The third-order valence-electron chi connectivity index (χ3n) is 5.00. The van der Waals surface area contributed by atoms with Gasteiger partial charge < -0.3 is 14.5 Å². The number of ether oxygens (including phenoxy) is 1. The maximum atomic E-state index is 13.2. The molecule has 2 aromatic heterocycles. The molecule has 1 amide bonds. The summed E-state index contributed by atoms with van der Waals surface area (Å²) in [6, 6.07) is 8.35. The predicted octanol–water partition coefficient (Wildman–Crippen LogP) is 1.25. The Morgan fingerprint density at radius 3 is 2.88 bits per heavy atom. The lowest BCUT2D eigenvalue weighted by Crippen LogP contribution is -2.45. The molecule has 0 saturated carbocycles. The monoisotopic (exact) mass is 457 g/mol. The zero-order valence-electron chi connectivity index (χ0n) is 17.6. The number of thioether (sulfide) groups is 1. The lowest BCUT2D eigenvalue weighted by molar-refractivity contribution is -0.119. The molecule has 3 aromatic rings. The predicted molar refractivity (Wildman–Crippen MR) is 118 cm³/mol. The molecule has 10 nitrogen and oxygen atoms in total. The van der Waals surface area contributed by atoms with Crippen molar-refractivity contribution in [2.75, 3.05) is 12.9 Å². The number of rotatable bonds is 7. The van der Waals surface area contributed by atoms with E-state index in [9.17, 15) is 14.4 Å². The van der Waals surface area contributed by atoms with Gasteiger partial charge in [-0.2, -0.15) is 0 Å². The third-order valence-corrected chi connectivity index (χ3v) is 5.97. The Morgan fingerprint density at radius 1 is 1.34 bits per heavy atom. The fraction of sp³-hybridized carbons (Fsp3) is 0.333. The van der Waals surface area contributed by atoms with Crippen LogP contribution in [0.2, 0.25) is 0 Å². The summed E-state index contributed by atoms with van der Waals surface area (Å²) in [4.78, 5) is 42.1. The van der Waals surface area contributed by atoms with Crippen molar-refractivity contribution in [1.82, 2.24) is 25.7 Å². The summed E-state index contributed by atoms with van der Waals surface area (Å²) in [7, 11) is 1.29. The van der Waals surface area contributed by atoms with E-state index in [0.717, 1.165) is 18.2 Å². The number of carbonyl (C=O) groups is 2. The van der Waals surface area contributed by atoms with Crippen molar-refractivity contribution in [3.05, 3.63) is 58.3 Å². The summed E-state index contributed by atoms with van der Waals surface area (Å²) in [5.41, 5.74) is 6.42. The van der Waals surface area contributed by atoms with E-state index in [1.54, 1.807) is 18.2 Å². The van der Waals surface area contributed by atoms with Crippen LogP contribution >= 0.6 is 11.8 Å². The molecule has 1 aromatic carbocycles. The first-order valence-corrected chi connectivity index (χ1v) is 11.0. The van der Waals surface area contributed by atoms with E-state index in [0.29, 0.717) is 27.4 Å². The Kier molecular flexibility index (Phi) is 6.58. The van der Waals surface area contributed by atoms with Crippen LogP contribution in [0, 0.1) is 0 Å². The van der Waals surface area contributed by atoms with Gasteiger partial charge in [-0.3, -0.25) is 19.6 Å². The second kappa shape index (κ2) is 9.55. The largest absolute Gasteiger partial charge is 0.467 e. The normalized spacial score (nSPS) is 18.1. The van der Waals surface area contributed by atoms with Gasteiger partial charge in [0.2, 0.25) is 5.91 Å². The SMILES string of the molecule is COC(=O)c1ccc2c(=O)n(Cc3ccco3)c(SCC(=O)NC3CC(C)NN3)nc2c1. The van der Waals surface area contributed by atoms with Gasteiger partial charge in [0.05, 0.1) is 48.3 Å². The minimum Gasteiger partial charge on any atom is -0.467 e. The number of esters is 1. The summed E-state index contributed by atoms with van der Waals surface area (Å²) in [6.07, 6.45) is 2.14. The average Bonchev–Trinajstić information content (AvgIpc) is 3.45. The number of hydrogen-bond acceptors (Lipinski definition) is 9. The zero-order chi connectivity index (χ0) is 22.7. The van der Waals surface area contributed by atoms with Crippen molar-refractivity contribution in [1.29, 1.82) is 0 Å². The Morgan fingerprint density at radius 2 is 2.19 bits per heavy atom. The highest BCUT2D eigenvalue weighted by atomic mass is 32.2. The van der Waals surface area contributed by atoms with Gasteiger partial charge in [-0.15, -0.1) is 0 Å². The molecule has 1 fully saturated rings. The van der Waals surface area contributed by atoms with Crippen LogP contribution in [0.15, 0.2) is 51.0 Å². The molecule has 168 valence electrons. The minimum absolute atomic E-state index is 0.0688. The average molecular weight is 458 g/mol. The Balaban J connectivity index is 1.63. The van der Waals surface area contributed by atoms with E-state index in [1.807, 2.05) is 6.92 Å². The third kappa shape index (κ3) is 4.85. The summed E-state index contributed by atoms with van der Waals surface area (Å²) in [5, 5.41) is 3.60. The van der Waals surface area contributed by atoms with E-state index < -0.39 is 5.97 Å². The van der Waals surface area contributed by atoms with Crippen LogP contribution in [-0.4, -0.2) is 46.5 Å². The number of hydrogen-bond donors (Lipinski definition) is 3. The molecule has 0 aliphatic carbocycles. The van der Waals surface area contributed by atoms with E-state index in [1.165, 1.54) is 30.1 Å². The molecule has 1 aliphatic heterocycles. The first-order valence-electron chi connectivity index (χ1n) is 10.0. The Labute approximate surface area is 187 Å². The quantitative estimate of drug-likeness (QED) is 0.273. The van der Waals surface area contributed by atoms with Crippen LogP contribution in [0.4, 0.5) is 0 Å². The lowest BCUT2D eigenvalue weighted by Gasteiger charge is -2.14. The fourth-order valence-electron chi connectivity index (χ4n) is 3.43. The molecule has 1 aliphatic rings. The molecular weight excluding hydrogens is 434 g/mol. The highest BCUT2D eigenvalue weighted by molar-refractivity contribution is 7.99. The number of carbonyl (C=O) groups excluding carboxylic acids is 2. The Bertz CT molecular complexity index is 1190. The summed E-state index contributed by atoms with van der Waals surface area (Å²) >= 11 is 1.14. The first-order chi connectivity index (χ1) is 15.4. The number of aromatic nitrogens is 2. The summed E-state index contributed by atoms with van der Waals surface area (Å²) < 4.78 is 11.6. The van der Waals surface area contributed by atoms with Crippen LogP contribution in [0.25, 0.3) is 10.9 Å². The fourth-order valence-corrected chi connectivity index (χ4v) is 4.24. The smallest absolute Gasteiger partial charge is 0.337 e. The van der Waals surface area contributed by atoms with E-state index in [4.69, 9.17) is 9.15 Å². The molecule has 11 heteroatoms. The topological polar surface area (TPSA) is 127 Å². The summed E-state index contributed by atoms with van der Waals surface area (Å²) in [6.45, 7) is 2.19. The van der Waals surface area contributed by atoms with Gasteiger partial charge in [-0.25, -0.2) is 15.2 Å². The number of benzene rings is 1. The van der Waals surface area contributed by atoms with Crippen molar-refractivity contribution in [3.8, 4) is 0 Å². The van der Waals surface area contributed by atoms with E-state index in [-0.39, 0.29) is 36.0 Å². The van der Waals surface area contributed by atoms with Gasteiger partial charge in [-0.05, 0) is 43.7 Å². The number of furan rings is 1. The van der Waals surface area contributed by atoms with Gasteiger partial charge in [0, 0.05) is 6.04 Å². The number of amides is 1. The van der Waals surface area contributed by atoms with Crippen LogP contribution in [0.3, 0.4) is 0 Å². The van der Waals surface area contributed by atoms with E-state index in [2.05, 4.69) is 21.2 Å². The van der Waals surface area contributed by atoms with E-state index >= 15 is 0 Å². The van der Waals surface area contributed by atoms with Crippen LogP contribution in [0.1, 0.15) is 29.5 Å². The van der Waals surface area contributed by atoms with Crippen molar-refractivity contribution in [2.45, 2.75) is 37.3 Å². The van der Waals surface area contributed by atoms with Gasteiger partial charge in [0.15, 0.2) is 5.16 Å². The van der Waals surface area contributed by atoms with Crippen molar-refractivity contribution in [3.63, 3.8) is 0 Å². The molecule has 32 heavy (non-hydrogen) atoms. The second-order valence-corrected chi connectivity index (χ2v) is 8.37.